The zero-order chi connectivity index (χ0) is 14.8. The maximum atomic E-state index is 13.4. The number of nitrogen functional groups attached to an aromatic ring is 1. The molecule has 0 heterocycles. The topological polar surface area (TPSA) is 55.1 Å². The van der Waals surface area contributed by atoms with E-state index in [2.05, 4.69) is 5.32 Å². The van der Waals surface area contributed by atoms with Crippen LogP contribution in [0.3, 0.4) is 0 Å². The number of carbonyl (C=O) groups is 1. The molecule has 0 saturated heterocycles. The number of hydrogen-bond donors (Lipinski definition) is 2. The highest BCUT2D eigenvalue weighted by molar-refractivity contribution is 5.95. The molecule has 1 aliphatic carbocycles. The van der Waals surface area contributed by atoms with Crippen molar-refractivity contribution < 1.29 is 9.18 Å². The minimum Gasteiger partial charge on any atom is -0.399 e. The van der Waals surface area contributed by atoms with Crippen LogP contribution in [0, 0.1) is 11.7 Å². The predicted octanol–water partition coefficient (Wildman–Crippen LogP) is 3.29. The van der Waals surface area contributed by atoms with Crippen LogP contribution in [0.15, 0.2) is 48.5 Å². The van der Waals surface area contributed by atoms with Gasteiger partial charge in [0.05, 0.1) is 6.04 Å². The summed E-state index contributed by atoms with van der Waals surface area (Å²) < 4.78 is 13.4. The molecule has 3 N–H and O–H groups in total. The summed E-state index contributed by atoms with van der Waals surface area (Å²) in [6, 6.07) is 13.7. The number of benzene rings is 2. The third kappa shape index (κ3) is 3.21. The Bertz CT molecular complexity index is 633. The van der Waals surface area contributed by atoms with Gasteiger partial charge in [0.1, 0.15) is 5.82 Å². The second-order valence-electron chi connectivity index (χ2n) is 5.47. The fourth-order valence-electron chi connectivity index (χ4n) is 2.53. The highest BCUT2D eigenvalue weighted by Gasteiger charge is 2.33. The Kier molecular flexibility index (Phi) is 3.60. The van der Waals surface area contributed by atoms with E-state index in [1.54, 1.807) is 0 Å². The van der Waals surface area contributed by atoms with Gasteiger partial charge in [-0.05, 0) is 42.5 Å². The second-order valence-corrected chi connectivity index (χ2v) is 5.47. The van der Waals surface area contributed by atoms with Crippen molar-refractivity contribution in [1.29, 1.82) is 0 Å². The van der Waals surface area contributed by atoms with Crippen LogP contribution in [0.2, 0.25) is 0 Å². The van der Waals surface area contributed by atoms with Gasteiger partial charge >= 0.3 is 0 Å². The first-order chi connectivity index (χ1) is 10.1. The lowest BCUT2D eigenvalue weighted by atomic mass is 10.0. The molecule has 3 nitrogen and oxygen atoms in total. The van der Waals surface area contributed by atoms with Crippen LogP contribution in [0.1, 0.15) is 34.8 Å². The molecule has 1 fully saturated rings. The molecule has 2 aromatic rings. The third-order valence-corrected chi connectivity index (χ3v) is 3.72. The van der Waals surface area contributed by atoms with Crippen molar-refractivity contribution in [3.8, 4) is 0 Å². The number of nitrogens with two attached hydrogens (primary N) is 1. The summed E-state index contributed by atoms with van der Waals surface area (Å²) in [5.41, 5.74) is 7.18. The van der Waals surface area contributed by atoms with E-state index in [1.807, 2.05) is 30.3 Å². The Labute approximate surface area is 123 Å². The summed E-state index contributed by atoms with van der Waals surface area (Å²) in [5, 5.41) is 3.00. The van der Waals surface area contributed by atoms with Crippen LogP contribution >= 0.6 is 0 Å². The van der Waals surface area contributed by atoms with E-state index >= 15 is 0 Å². The van der Waals surface area contributed by atoms with Crippen molar-refractivity contribution in [2.45, 2.75) is 18.9 Å². The van der Waals surface area contributed by atoms with E-state index in [0.29, 0.717) is 5.92 Å². The first kappa shape index (κ1) is 13.6. The van der Waals surface area contributed by atoms with E-state index in [4.69, 9.17) is 5.73 Å². The van der Waals surface area contributed by atoms with E-state index in [1.165, 1.54) is 18.2 Å². The molecular weight excluding hydrogens is 267 g/mol. The number of halogens is 1. The van der Waals surface area contributed by atoms with Crippen LogP contribution in [0.5, 0.6) is 0 Å². The molecule has 0 aliphatic heterocycles. The number of rotatable bonds is 4. The van der Waals surface area contributed by atoms with Crippen LogP contribution in [-0.2, 0) is 0 Å². The lowest BCUT2D eigenvalue weighted by Crippen LogP contribution is -2.30. The van der Waals surface area contributed by atoms with Crippen LogP contribution in [0.4, 0.5) is 10.1 Å². The van der Waals surface area contributed by atoms with Crippen LogP contribution in [-0.4, -0.2) is 5.91 Å². The Morgan fingerprint density at radius 2 is 1.90 bits per heavy atom. The van der Waals surface area contributed by atoms with Gasteiger partial charge in [0.25, 0.3) is 5.91 Å². The fourth-order valence-corrected chi connectivity index (χ4v) is 2.53. The molecule has 1 unspecified atom stereocenters. The first-order valence-electron chi connectivity index (χ1n) is 7.05. The highest BCUT2D eigenvalue weighted by Crippen LogP contribution is 2.41. The number of amides is 1. The van der Waals surface area contributed by atoms with E-state index in [9.17, 15) is 9.18 Å². The molecule has 0 spiro atoms. The van der Waals surface area contributed by atoms with Crippen molar-refractivity contribution in [3.05, 3.63) is 65.5 Å². The van der Waals surface area contributed by atoms with Gasteiger partial charge < -0.3 is 11.1 Å². The maximum Gasteiger partial charge on any atom is 0.251 e. The van der Waals surface area contributed by atoms with Gasteiger partial charge in [-0.2, -0.15) is 0 Å². The summed E-state index contributed by atoms with van der Waals surface area (Å²) >= 11 is 0. The molecule has 0 aromatic heterocycles. The minimum atomic E-state index is -0.497. The Morgan fingerprint density at radius 1 is 1.19 bits per heavy atom. The number of nitrogens with one attached hydrogen (secondary N) is 1. The monoisotopic (exact) mass is 284 g/mol. The Morgan fingerprint density at radius 3 is 2.52 bits per heavy atom. The first-order valence-corrected chi connectivity index (χ1v) is 7.05. The quantitative estimate of drug-likeness (QED) is 0.846. The molecule has 3 rings (SSSR count). The molecule has 1 aliphatic rings. The van der Waals surface area contributed by atoms with Crippen molar-refractivity contribution in [2.24, 2.45) is 5.92 Å². The molecule has 0 radical (unpaired) electrons. The molecule has 108 valence electrons. The molecule has 1 amide bonds. The number of hydrogen-bond acceptors (Lipinski definition) is 2. The van der Waals surface area contributed by atoms with Gasteiger partial charge in [0, 0.05) is 11.3 Å². The van der Waals surface area contributed by atoms with Gasteiger partial charge in [-0.25, -0.2) is 4.39 Å². The molecule has 21 heavy (non-hydrogen) atoms. The van der Waals surface area contributed by atoms with Crippen molar-refractivity contribution in [3.63, 3.8) is 0 Å². The molecule has 1 saturated carbocycles. The highest BCUT2D eigenvalue weighted by atomic mass is 19.1. The van der Waals surface area contributed by atoms with Gasteiger partial charge in [-0.1, -0.05) is 30.3 Å². The summed E-state index contributed by atoms with van der Waals surface area (Å²) in [7, 11) is 0. The van der Waals surface area contributed by atoms with Crippen LogP contribution < -0.4 is 11.1 Å². The third-order valence-electron chi connectivity index (χ3n) is 3.72. The summed E-state index contributed by atoms with van der Waals surface area (Å²) in [6.45, 7) is 0. The molecular formula is C17H17FN2O. The van der Waals surface area contributed by atoms with E-state index < -0.39 is 5.82 Å². The standard InChI is InChI=1S/C17H17FN2O/c18-14-8-13(9-15(19)10-14)17(21)20-16(12-6-7-12)11-4-2-1-3-5-11/h1-5,8-10,12,16H,6-7,19H2,(H,20,21). The SMILES string of the molecule is Nc1cc(F)cc(C(=O)NC(c2ccccc2)C2CC2)c1. The van der Waals surface area contributed by atoms with Crippen molar-refractivity contribution in [2.75, 3.05) is 5.73 Å². The lowest BCUT2D eigenvalue weighted by Gasteiger charge is -2.19. The number of carbonyl (C=O) groups excluding carboxylic acids is 1. The summed E-state index contributed by atoms with van der Waals surface area (Å²) in [5.74, 6) is -0.327. The smallest absolute Gasteiger partial charge is 0.251 e. The normalized spacial score (nSPS) is 15.5. The van der Waals surface area contributed by atoms with E-state index in [0.717, 1.165) is 18.4 Å². The average Bonchev–Trinajstić information content (AvgIpc) is 3.29. The summed E-state index contributed by atoms with van der Waals surface area (Å²) in [6.07, 6.45) is 2.20. The Balaban J connectivity index is 1.81. The molecule has 1 atom stereocenters. The molecule has 2 aromatic carbocycles. The van der Waals surface area contributed by atoms with Gasteiger partial charge in [0.2, 0.25) is 0 Å². The fraction of sp³-hybridized carbons (Fsp3) is 0.235. The van der Waals surface area contributed by atoms with Crippen molar-refractivity contribution >= 4 is 11.6 Å². The predicted molar refractivity (Wildman–Crippen MR) is 80.2 cm³/mol. The Hall–Kier alpha value is -2.36. The zero-order valence-corrected chi connectivity index (χ0v) is 11.6. The molecule has 4 heteroatoms. The number of anilines is 1. The van der Waals surface area contributed by atoms with Gasteiger partial charge in [-0.15, -0.1) is 0 Å². The minimum absolute atomic E-state index is 0.0248. The van der Waals surface area contributed by atoms with E-state index in [-0.39, 0.29) is 23.2 Å². The lowest BCUT2D eigenvalue weighted by molar-refractivity contribution is 0.0931. The second kappa shape index (κ2) is 5.56. The largest absolute Gasteiger partial charge is 0.399 e. The zero-order valence-electron chi connectivity index (χ0n) is 11.6. The maximum absolute atomic E-state index is 13.4. The van der Waals surface area contributed by atoms with Crippen molar-refractivity contribution in [1.82, 2.24) is 5.32 Å². The van der Waals surface area contributed by atoms with Gasteiger partial charge in [-0.3, -0.25) is 4.79 Å². The van der Waals surface area contributed by atoms with Crippen LogP contribution in [0.25, 0.3) is 0 Å². The van der Waals surface area contributed by atoms with Gasteiger partial charge in [0.15, 0.2) is 0 Å². The summed E-state index contributed by atoms with van der Waals surface area (Å²) in [4.78, 5) is 12.3. The molecule has 0 bridgehead atoms. The average molecular weight is 284 g/mol.